The van der Waals surface area contributed by atoms with Crippen LogP contribution in [-0.2, 0) is 19.1 Å². The number of hydrogen-bond acceptors (Lipinski definition) is 5. The lowest BCUT2D eigenvalue weighted by Gasteiger charge is -2.36. The third kappa shape index (κ3) is 4.42. The molecule has 0 aromatic heterocycles. The summed E-state index contributed by atoms with van der Waals surface area (Å²) in [5.74, 6) is -0.611. The molecule has 1 aromatic carbocycles. The van der Waals surface area contributed by atoms with E-state index in [1.807, 2.05) is 24.5 Å². The van der Waals surface area contributed by atoms with E-state index in [4.69, 9.17) is 4.74 Å². The highest BCUT2D eigenvalue weighted by molar-refractivity contribution is 7.98. The monoisotopic (exact) mass is 361 g/mol. The number of rotatable bonds is 5. The standard InChI is InChI=1S/C19H23NO4S/c1-25-16-7-3-6-15(10-16)20-17(21)11-24-19(23)14-8-12-4-2-5-13(9-14)18(12)22/h3,6-7,10,12-14H,2,4-5,8-9,11H2,1H3,(H,20,21)/t12-,13+,14?. The summed E-state index contributed by atoms with van der Waals surface area (Å²) in [6, 6.07) is 7.50. The summed E-state index contributed by atoms with van der Waals surface area (Å²) in [6.45, 7) is -0.290. The third-order valence-corrected chi connectivity index (χ3v) is 5.81. The first kappa shape index (κ1) is 18.0. The number of ketones is 1. The smallest absolute Gasteiger partial charge is 0.309 e. The molecule has 1 unspecified atom stereocenters. The van der Waals surface area contributed by atoms with Gasteiger partial charge >= 0.3 is 5.97 Å². The lowest BCUT2D eigenvalue weighted by molar-refractivity contribution is -0.155. The highest BCUT2D eigenvalue weighted by Crippen LogP contribution is 2.40. The quantitative estimate of drug-likeness (QED) is 0.644. The van der Waals surface area contributed by atoms with E-state index in [0.717, 1.165) is 24.2 Å². The molecule has 25 heavy (non-hydrogen) atoms. The van der Waals surface area contributed by atoms with Crippen molar-refractivity contribution < 1.29 is 19.1 Å². The first-order chi connectivity index (χ1) is 12.1. The maximum Gasteiger partial charge on any atom is 0.309 e. The van der Waals surface area contributed by atoms with Crippen LogP contribution in [-0.4, -0.2) is 30.5 Å². The minimum absolute atomic E-state index is 0.00756. The Hall–Kier alpha value is -1.82. The van der Waals surface area contributed by atoms with E-state index in [1.165, 1.54) is 0 Å². The number of fused-ring (bicyclic) bond motifs is 2. The first-order valence-electron chi connectivity index (χ1n) is 8.71. The van der Waals surface area contributed by atoms with Gasteiger partial charge in [0.25, 0.3) is 5.91 Å². The van der Waals surface area contributed by atoms with E-state index >= 15 is 0 Å². The number of ether oxygens (including phenoxy) is 1. The average molecular weight is 361 g/mol. The predicted octanol–water partition coefficient (Wildman–Crippen LogP) is 3.29. The zero-order chi connectivity index (χ0) is 17.8. The van der Waals surface area contributed by atoms with Crippen molar-refractivity contribution in [2.45, 2.75) is 37.0 Å². The summed E-state index contributed by atoms with van der Waals surface area (Å²) in [4.78, 5) is 37.4. The van der Waals surface area contributed by atoms with Crippen LogP contribution >= 0.6 is 11.8 Å². The van der Waals surface area contributed by atoms with Gasteiger partial charge in [-0.05, 0) is 50.1 Å². The fourth-order valence-electron chi connectivity index (χ4n) is 3.82. The fourth-order valence-corrected chi connectivity index (χ4v) is 4.28. The number of carbonyl (C=O) groups excluding carboxylic acids is 3. The van der Waals surface area contributed by atoms with Gasteiger partial charge in [0.1, 0.15) is 5.78 Å². The summed E-state index contributed by atoms with van der Waals surface area (Å²) >= 11 is 1.59. The van der Waals surface area contributed by atoms with Crippen LogP contribution < -0.4 is 5.32 Å². The molecule has 134 valence electrons. The number of nitrogens with one attached hydrogen (secondary N) is 1. The van der Waals surface area contributed by atoms with E-state index in [0.29, 0.717) is 24.3 Å². The van der Waals surface area contributed by atoms with Crippen molar-refractivity contribution in [2.24, 2.45) is 17.8 Å². The maximum atomic E-state index is 12.3. The molecule has 2 fully saturated rings. The Morgan fingerprint density at radius 1 is 1.24 bits per heavy atom. The largest absolute Gasteiger partial charge is 0.455 e. The first-order valence-corrected chi connectivity index (χ1v) is 9.93. The van der Waals surface area contributed by atoms with E-state index in [-0.39, 0.29) is 36.2 Å². The Morgan fingerprint density at radius 3 is 2.64 bits per heavy atom. The van der Waals surface area contributed by atoms with Gasteiger partial charge in [-0.15, -0.1) is 11.8 Å². The molecule has 0 aliphatic heterocycles. The average Bonchev–Trinajstić information content (AvgIpc) is 2.59. The molecule has 1 N–H and O–H groups in total. The van der Waals surface area contributed by atoms with Gasteiger partial charge in [-0.2, -0.15) is 0 Å². The van der Waals surface area contributed by atoms with Crippen LogP contribution in [0.1, 0.15) is 32.1 Å². The molecular weight excluding hydrogens is 338 g/mol. The molecule has 3 rings (SSSR count). The minimum Gasteiger partial charge on any atom is -0.455 e. The number of anilines is 1. The van der Waals surface area contributed by atoms with Crippen molar-refractivity contribution in [3.8, 4) is 0 Å². The van der Waals surface area contributed by atoms with Crippen molar-refractivity contribution in [3.63, 3.8) is 0 Å². The number of Topliss-reactive ketones (excluding diaryl/α,β-unsaturated/α-hetero) is 1. The molecular formula is C19H23NO4S. The fraction of sp³-hybridized carbons (Fsp3) is 0.526. The van der Waals surface area contributed by atoms with Gasteiger partial charge in [0.15, 0.2) is 6.61 Å². The Kier molecular flexibility index (Phi) is 5.78. The van der Waals surface area contributed by atoms with Crippen LogP contribution in [0, 0.1) is 17.8 Å². The Bertz CT molecular complexity index is 659. The molecule has 0 radical (unpaired) electrons. The van der Waals surface area contributed by atoms with Crippen LogP contribution in [0.25, 0.3) is 0 Å². The van der Waals surface area contributed by atoms with Crippen molar-refractivity contribution in [1.29, 1.82) is 0 Å². The van der Waals surface area contributed by atoms with Crippen LogP contribution in [0.4, 0.5) is 5.69 Å². The van der Waals surface area contributed by atoms with Crippen LogP contribution in [0.15, 0.2) is 29.2 Å². The van der Waals surface area contributed by atoms with Gasteiger partial charge in [0.2, 0.25) is 0 Å². The molecule has 1 amide bonds. The number of hydrogen-bond donors (Lipinski definition) is 1. The van der Waals surface area contributed by atoms with E-state index in [1.54, 1.807) is 17.8 Å². The third-order valence-electron chi connectivity index (χ3n) is 5.08. The molecule has 6 heteroatoms. The van der Waals surface area contributed by atoms with Crippen LogP contribution in [0.5, 0.6) is 0 Å². The van der Waals surface area contributed by atoms with Crippen molar-refractivity contribution in [2.75, 3.05) is 18.2 Å². The van der Waals surface area contributed by atoms with Crippen molar-refractivity contribution in [3.05, 3.63) is 24.3 Å². The molecule has 0 spiro atoms. The minimum atomic E-state index is -0.350. The molecule has 2 bridgehead atoms. The van der Waals surface area contributed by atoms with Crippen LogP contribution in [0.2, 0.25) is 0 Å². The molecule has 0 heterocycles. The number of thioether (sulfide) groups is 1. The molecule has 0 saturated heterocycles. The molecule has 1 aromatic rings. The number of esters is 1. The van der Waals surface area contributed by atoms with Crippen molar-refractivity contribution in [1.82, 2.24) is 0 Å². The molecule has 2 aliphatic carbocycles. The van der Waals surface area contributed by atoms with Gasteiger partial charge in [-0.3, -0.25) is 14.4 Å². The van der Waals surface area contributed by atoms with Gasteiger partial charge in [-0.1, -0.05) is 12.5 Å². The maximum absolute atomic E-state index is 12.3. The normalized spacial score (nSPS) is 25.3. The predicted molar refractivity (Wildman–Crippen MR) is 96.4 cm³/mol. The zero-order valence-corrected chi connectivity index (χ0v) is 15.1. The molecule has 3 atom stereocenters. The summed E-state index contributed by atoms with van der Waals surface area (Å²) in [5, 5.41) is 2.74. The number of carbonyl (C=O) groups is 3. The van der Waals surface area contributed by atoms with Gasteiger partial charge in [0.05, 0.1) is 5.92 Å². The van der Waals surface area contributed by atoms with Crippen LogP contribution in [0.3, 0.4) is 0 Å². The summed E-state index contributed by atoms with van der Waals surface area (Å²) in [6.07, 6.45) is 5.95. The van der Waals surface area contributed by atoms with Crippen molar-refractivity contribution >= 4 is 35.1 Å². The number of amides is 1. The lowest BCUT2D eigenvalue weighted by atomic mass is 9.67. The van der Waals surface area contributed by atoms with E-state index in [2.05, 4.69) is 5.32 Å². The second kappa shape index (κ2) is 8.04. The molecule has 2 saturated carbocycles. The second-order valence-electron chi connectivity index (χ2n) is 6.78. The lowest BCUT2D eigenvalue weighted by Crippen LogP contribution is -2.40. The topological polar surface area (TPSA) is 72.5 Å². The Balaban J connectivity index is 1.48. The van der Waals surface area contributed by atoms with E-state index < -0.39 is 0 Å². The van der Waals surface area contributed by atoms with Gasteiger partial charge in [0, 0.05) is 22.4 Å². The SMILES string of the molecule is CSc1cccc(NC(=O)COC(=O)C2C[C@H]3CCC[C@@H](C2)C3=O)c1. The molecule has 2 aliphatic rings. The van der Waals surface area contributed by atoms with Gasteiger partial charge in [-0.25, -0.2) is 0 Å². The Morgan fingerprint density at radius 2 is 1.96 bits per heavy atom. The summed E-state index contributed by atoms with van der Waals surface area (Å²) in [5.41, 5.74) is 0.686. The molecule has 5 nitrogen and oxygen atoms in total. The second-order valence-corrected chi connectivity index (χ2v) is 7.66. The van der Waals surface area contributed by atoms with E-state index in [9.17, 15) is 14.4 Å². The summed E-state index contributed by atoms with van der Waals surface area (Å²) < 4.78 is 5.21. The number of benzene rings is 1. The Labute approximate surface area is 151 Å². The van der Waals surface area contributed by atoms with Gasteiger partial charge < -0.3 is 10.1 Å². The highest BCUT2D eigenvalue weighted by Gasteiger charge is 2.41. The summed E-state index contributed by atoms with van der Waals surface area (Å²) in [7, 11) is 0. The highest BCUT2D eigenvalue weighted by atomic mass is 32.2. The zero-order valence-electron chi connectivity index (χ0n) is 14.3.